The molecule has 0 aliphatic carbocycles. The van der Waals surface area contributed by atoms with Crippen LogP contribution in [0.2, 0.25) is 0 Å². The summed E-state index contributed by atoms with van der Waals surface area (Å²) >= 11 is 0. The average molecular weight is 364 g/mol. The predicted molar refractivity (Wildman–Crippen MR) is 95.7 cm³/mol. The highest BCUT2D eigenvalue weighted by atomic mass is 16.5. The van der Waals surface area contributed by atoms with Crippen molar-refractivity contribution in [2.45, 2.75) is 13.5 Å². The number of rotatable bonds is 4. The van der Waals surface area contributed by atoms with Gasteiger partial charge in [-0.15, -0.1) is 0 Å². The summed E-state index contributed by atoms with van der Waals surface area (Å²) in [7, 11) is 1.79. The molecule has 2 aliphatic heterocycles. The number of furan rings is 1. The van der Waals surface area contributed by atoms with E-state index in [-0.39, 0.29) is 11.9 Å². The van der Waals surface area contributed by atoms with Gasteiger partial charge in [-0.25, -0.2) is 4.79 Å². The summed E-state index contributed by atoms with van der Waals surface area (Å²) in [4.78, 5) is 32.4. The Morgan fingerprint density at radius 3 is 2.31 bits per heavy atom. The van der Waals surface area contributed by atoms with Crippen molar-refractivity contribution >= 4 is 11.9 Å². The highest BCUT2D eigenvalue weighted by Gasteiger charge is 2.27. The van der Waals surface area contributed by atoms with Gasteiger partial charge in [0.05, 0.1) is 26.3 Å². The van der Waals surface area contributed by atoms with Crippen LogP contribution in [0.1, 0.15) is 11.5 Å². The van der Waals surface area contributed by atoms with Gasteiger partial charge in [0.25, 0.3) is 0 Å². The van der Waals surface area contributed by atoms with Crippen molar-refractivity contribution in [1.29, 1.82) is 0 Å². The Hall–Kier alpha value is -2.06. The molecule has 0 N–H and O–H groups in total. The van der Waals surface area contributed by atoms with E-state index in [1.807, 2.05) is 28.9 Å². The quantitative estimate of drug-likeness (QED) is 0.783. The molecule has 8 heteroatoms. The van der Waals surface area contributed by atoms with E-state index < -0.39 is 0 Å². The van der Waals surface area contributed by atoms with Crippen LogP contribution in [-0.4, -0.2) is 97.6 Å². The third-order valence-corrected chi connectivity index (χ3v) is 4.90. The summed E-state index contributed by atoms with van der Waals surface area (Å²) in [5, 5.41) is 0. The van der Waals surface area contributed by atoms with Crippen LogP contribution in [0.15, 0.2) is 16.5 Å². The number of carbonyl (C=O) groups is 2. The number of urea groups is 1. The van der Waals surface area contributed by atoms with Crippen LogP contribution in [0.5, 0.6) is 0 Å². The van der Waals surface area contributed by atoms with Crippen LogP contribution in [0.3, 0.4) is 0 Å². The number of piperazine rings is 1. The van der Waals surface area contributed by atoms with Crippen LogP contribution in [0.4, 0.5) is 4.79 Å². The molecule has 2 fully saturated rings. The Morgan fingerprint density at radius 2 is 1.69 bits per heavy atom. The van der Waals surface area contributed by atoms with E-state index in [0.717, 1.165) is 24.6 Å². The molecule has 0 unspecified atom stereocenters. The Bertz CT molecular complexity index is 618. The van der Waals surface area contributed by atoms with Gasteiger partial charge in [0.15, 0.2) is 0 Å². The lowest BCUT2D eigenvalue weighted by atomic mass is 10.3. The van der Waals surface area contributed by atoms with E-state index in [1.165, 1.54) is 0 Å². The second-order valence-corrected chi connectivity index (χ2v) is 6.91. The molecule has 1 aromatic rings. The normalized spacial score (nSPS) is 18.8. The Morgan fingerprint density at radius 1 is 1.04 bits per heavy atom. The van der Waals surface area contributed by atoms with Gasteiger partial charge in [0.1, 0.15) is 11.5 Å². The van der Waals surface area contributed by atoms with E-state index >= 15 is 0 Å². The van der Waals surface area contributed by atoms with Gasteiger partial charge in [0, 0.05) is 46.3 Å². The number of hydrogen-bond donors (Lipinski definition) is 0. The number of ether oxygens (including phenoxy) is 1. The van der Waals surface area contributed by atoms with Gasteiger partial charge in [-0.05, 0) is 19.1 Å². The molecule has 2 aliphatic rings. The van der Waals surface area contributed by atoms with E-state index in [0.29, 0.717) is 52.5 Å². The zero-order valence-corrected chi connectivity index (χ0v) is 15.6. The molecule has 0 atom stereocenters. The first-order valence-electron chi connectivity index (χ1n) is 9.16. The van der Waals surface area contributed by atoms with Crippen molar-refractivity contribution in [2.24, 2.45) is 0 Å². The molecule has 144 valence electrons. The smallest absolute Gasteiger partial charge is 0.320 e. The summed E-state index contributed by atoms with van der Waals surface area (Å²) in [6.07, 6.45) is 0. The fourth-order valence-electron chi connectivity index (χ4n) is 3.26. The summed E-state index contributed by atoms with van der Waals surface area (Å²) in [5.41, 5.74) is 0. The molecule has 3 amide bonds. The van der Waals surface area contributed by atoms with Crippen molar-refractivity contribution in [1.82, 2.24) is 19.6 Å². The predicted octanol–water partition coefficient (Wildman–Crippen LogP) is 0.616. The Balaban J connectivity index is 1.41. The van der Waals surface area contributed by atoms with Crippen LogP contribution >= 0.6 is 0 Å². The first-order valence-corrected chi connectivity index (χ1v) is 9.16. The number of carbonyl (C=O) groups excluding carboxylic acids is 2. The van der Waals surface area contributed by atoms with E-state index in [2.05, 4.69) is 4.90 Å². The van der Waals surface area contributed by atoms with Crippen molar-refractivity contribution in [3.63, 3.8) is 0 Å². The number of nitrogens with zero attached hydrogens (tertiary/aromatic N) is 4. The molecule has 0 saturated carbocycles. The first-order chi connectivity index (χ1) is 12.5. The first kappa shape index (κ1) is 18.7. The molecule has 2 saturated heterocycles. The second kappa shape index (κ2) is 8.55. The third kappa shape index (κ3) is 4.76. The standard InChI is InChI=1S/C18H28N4O4/c1-15-3-4-16(26-15)13-19(2)17(23)14-20-5-7-21(8-6-20)18(24)22-9-11-25-12-10-22/h3-4H,5-14H2,1-2H3. The van der Waals surface area contributed by atoms with Gasteiger partial charge in [-0.3, -0.25) is 9.69 Å². The third-order valence-electron chi connectivity index (χ3n) is 4.90. The maximum Gasteiger partial charge on any atom is 0.320 e. The summed E-state index contributed by atoms with van der Waals surface area (Å²) in [5.74, 6) is 1.70. The van der Waals surface area contributed by atoms with E-state index in [4.69, 9.17) is 9.15 Å². The van der Waals surface area contributed by atoms with Crippen LogP contribution in [0.25, 0.3) is 0 Å². The van der Waals surface area contributed by atoms with Crippen molar-refractivity contribution in [2.75, 3.05) is 66.1 Å². The summed E-state index contributed by atoms with van der Waals surface area (Å²) in [6, 6.07) is 3.89. The maximum atomic E-state index is 12.5. The SMILES string of the molecule is Cc1ccc(CN(C)C(=O)CN2CCN(C(=O)N3CCOCC3)CC2)o1. The molecule has 0 spiro atoms. The van der Waals surface area contributed by atoms with Gasteiger partial charge >= 0.3 is 6.03 Å². The fraction of sp³-hybridized carbons (Fsp3) is 0.667. The molecular weight excluding hydrogens is 336 g/mol. The summed E-state index contributed by atoms with van der Waals surface area (Å²) < 4.78 is 10.8. The van der Waals surface area contributed by atoms with E-state index in [1.54, 1.807) is 11.9 Å². The highest BCUT2D eigenvalue weighted by molar-refractivity contribution is 5.78. The molecule has 1 aromatic heterocycles. The fourth-order valence-corrected chi connectivity index (χ4v) is 3.26. The molecule has 3 rings (SSSR count). The second-order valence-electron chi connectivity index (χ2n) is 6.91. The van der Waals surface area contributed by atoms with Crippen LogP contribution in [-0.2, 0) is 16.1 Å². The number of aryl methyl sites for hydroxylation is 1. The molecular formula is C18H28N4O4. The molecule has 0 bridgehead atoms. The van der Waals surface area contributed by atoms with E-state index in [9.17, 15) is 9.59 Å². The minimum atomic E-state index is 0.0620. The molecule has 3 heterocycles. The molecule has 26 heavy (non-hydrogen) atoms. The van der Waals surface area contributed by atoms with Gasteiger partial charge in [-0.1, -0.05) is 0 Å². The van der Waals surface area contributed by atoms with Gasteiger partial charge in [-0.2, -0.15) is 0 Å². The van der Waals surface area contributed by atoms with Crippen LogP contribution < -0.4 is 0 Å². The monoisotopic (exact) mass is 364 g/mol. The lowest BCUT2D eigenvalue weighted by molar-refractivity contribution is -0.132. The zero-order chi connectivity index (χ0) is 18.5. The Labute approximate surface area is 154 Å². The number of likely N-dealkylation sites (N-methyl/N-ethyl adjacent to an activating group) is 1. The number of amides is 3. The van der Waals surface area contributed by atoms with Gasteiger partial charge < -0.3 is 23.9 Å². The molecule has 0 radical (unpaired) electrons. The highest BCUT2D eigenvalue weighted by Crippen LogP contribution is 2.11. The van der Waals surface area contributed by atoms with Gasteiger partial charge in [0.2, 0.25) is 5.91 Å². The summed E-state index contributed by atoms with van der Waals surface area (Å²) in [6.45, 7) is 8.04. The number of morpholine rings is 1. The largest absolute Gasteiger partial charge is 0.464 e. The topological polar surface area (TPSA) is 69.5 Å². The molecule has 8 nitrogen and oxygen atoms in total. The lowest BCUT2D eigenvalue weighted by Crippen LogP contribution is -2.55. The average Bonchev–Trinajstić information content (AvgIpc) is 3.07. The van der Waals surface area contributed by atoms with Crippen LogP contribution in [0, 0.1) is 6.92 Å². The van der Waals surface area contributed by atoms with Crippen molar-refractivity contribution in [3.05, 3.63) is 23.7 Å². The zero-order valence-electron chi connectivity index (χ0n) is 15.6. The molecule has 0 aromatic carbocycles. The maximum absolute atomic E-state index is 12.5. The van der Waals surface area contributed by atoms with Crippen molar-refractivity contribution < 1.29 is 18.7 Å². The minimum absolute atomic E-state index is 0.0620. The minimum Gasteiger partial charge on any atom is -0.464 e. The Kier molecular flexibility index (Phi) is 6.16. The van der Waals surface area contributed by atoms with Crippen molar-refractivity contribution in [3.8, 4) is 0 Å². The lowest BCUT2D eigenvalue weighted by Gasteiger charge is -2.38. The number of hydrogen-bond acceptors (Lipinski definition) is 5.